The van der Waals surface area contributed by atoms with Gasteiger partial charge in [0.1, 0.15) is 22.9 Å². The highest BCUT2D eigenvalue weighted by atomic mass is 35.5. The van der Waals surface area contributed by atoms with Crippen molar-refractivity contribution in [2.45, 2.75) is 50.8 Å². The highest BCUT2D eigenvalue weighted by Gasteiger charge is 2.33. The molecular formula is C48H48ClN7O7S. The summed E-state index contributed by atoms with van der Waals surface area (Å²) in [5.74, 6) is -0.537. The van der Waals surface area contributed by atoms with Gasteiger partial charge in [0.15, 0.2) is 0 Å². The molecule has 330 valence electrons. The number of amides is 1. The summed E-state index contributed by atoms with van der Waals surface area (Å²) in [6.07, 6.45) is 8.97. The quantitative estimate of drug-likeness (QED) is 0.0887. The van der Waals surface area contributed by atoms with E-state index in [4.69, 9.17) is 21.1 Å². The number of hydrogen-bond acceptors (Lipinski definition) is 11. The molecule has 3 aromatic carbocycles. The minimum Gasteiger partial charge on any atom is -0.493 e. The highest BCUT2D eigenvalue weighted by molar-refractivity contribution is 7.90. The summed E-state index contributed by atoms with van der Waals surface area (Å²) in [5, 5.41) is 13.8. The molecule has 5 heterocycles. The number of rotatable bonds is 12. The number of pyridine rings is 2. The number of benzene rings is 3. The smallest absolute Gasteiger partial charge is 0.277 e. The Bertz CT molecular complexity index is 2880. The number of sulfonamides is 1. The molecule has 0 spiro atoms. The first-order chi connectivity index (χ1) is 30.8. The lowest BCUT2D eigenvalue weighted by atomic mass is 9.72. The number of nitrogens with one attached hydrogen (secondary N) is 2. The molecule has 2 N–H and O–H groups in total. The molecule has 14 nitrogen and oxygen atoms in total. The van der Waals surface area contributed by atoms with E-state index in [1.54, 1.807) is 30.6 Å². The van der Waals surface area contributed by atoms with Crippen LogP contribution in [0.15, 0.2) is 114 Å². The number of carbonyl (C=O) groups is 1. The maximum atomic E-state index is 14.1. The van der Waals surface area contributed by atoms with Crippen molar-refractivity contribution < 1.29 is 27.6 Å². The molecule has 64 heavy (non-hydrogen) atoms. The zero-order valence-electron chi connectivity index (χ0n) is 35.6. The maximum Gasteiger partial charge on any atom is 0.277 e. The summed E-state index contributed by atoms with van der Waals surface area (Å²) in [5.41, 5.74) is 6.43. The maximum absolute atomic E-state index is 14.1. The minimum atomic E-state index is -4.64. The molecule has 0 radical (unpaired) electrons. The second kappa shape index (κ2) is 17.7. The topological polar surface area (TPSA) is 173 Å². The third kappa shape index (κ3) is 9.47. The van der Waals surface area contributed by atoms with Gasteiger partial charge in [-0.05, 0) is 97.2 Å². The Labute approximate surface area is 376 Å². The summed E-state index contributed by atoms with van der Waals surface area (Å²) >= 11 is 6.25. The molecule has 3 aliphatic rings. The number of carbonyl (C=O) groups excluding carboxylic acids is 1. The number of aromatic amines is 1. The van der Waals surface area contributed by atoms with Crippen LogP contribution in [0.1, 0.15) is 60.3 Å². The van der Waals surface area contributed by atoms with E-state index in [0.29, 0.717) is 42.9 Å². The van der Waals surface area contributed by atoms with Crippen molar-refractivity contribution in [1.29, 1.82) is 0 Å². The van der Waals surface area contributed by atoms with Crippen LogP contribution in [0.25, 0.3) is 16.6 Å². The Morgan fingerprint density at radius 1 is 1.03 bits per heavy atom. The summed E-state index contributed by atoms with van der Waals surface area (Å²) in [7, 11) is -4.64. The molecule has 9 rings (SSSR count). The number of allylic oxidation sites excluding steroid dienone is 1. The lowest BCUT2D eigenvalue weighted by Crippen LogP contribution is -2.47. The van der Waals surface area contributed by atoms with Crippen molar-refractivity contribution in [3.8, 4) is 17.2 Å². The molecule has 1 fully saturated rings. The molecular weight excluding hydrogens is 854 g/mol. The number of fused-ring (bicyclic) bond motifs is 2. The highest BCUT2D eigenvalue weighted by Crippen LogP contribution is 2.44. The van der Waals surface area contributed by atoms with E-state index in [-0.39, 0.29) is 35.0 Å². The summed E-state index contributed by atoms with van der Waals surface area (Å²) in [6, 6.07) is 24.6. The first kappa shape index (κ1) is 43.0. The predicted octanol–water partition coefficient (Wildman–Crippen LogP) is 9.01. The predicted molar refractivity (Wildman–Crippen MR) is 246 cm³/mol. The van der Waals surface area contributed by atoms with Crippen LogP contribution in [0.2, 0.25) is 5.02 Å². The Balaban J connectivity index is 0.945. The van der Waals surface area contributed by atoms with Gasteiger partial charge in [-0.15, -0.1) is 0 Å². The van der Waals surface area contributed by atoms with Gasteiger partial charge in [0.2, 0.25) is 0 Å². The number of piperazine rings is 1. The number of nitro groups is 1. The number of ether oxygens (including phenoxy) is 2. The zero-order valence-corrected chi connectivity index (χ0v) is 37.1. The third-order valence-corrected chi connectivity index (χ3v) is 14.0. The van der Waals surface area contributed by atoms with Gasteiger partial charge in [-0.1, -0.05) is 49.2 Å². The number of H-pyrrole nitrogens is 1. The van der Waals surface area contributed by atoms with E-state index in [2.05, 4.69) is 55.5 Å². The molecule has 1 atom stereocenters. The van der Waals surface area contributed by atoms with Gasteiger partial charge in [-0.25, -0.2) is 18.1 Å². The first-order valence-electron chi connectivity index (χ1n) is 21.4. The number of anilines is 1. The fraction of sp³-hybridized carbons (Fsp3) is 0.312. The van der Waals surface area contributed by atoms with Crippen molar-refractivity contribution in [2.24, 2.45) is 11.3 Å². The van der Waals surface area contributed by atoms with Gasteiger partial charge in [0, 0.05) is 91.0 Å². The monoisotopic (exact) mass is 901 g/mol. The molecule has 0 bridgehead atoms. The van der Waals surface area contributed by atoms with Crippen molar-refractivity contribution in [2.75, 3.05) is 44.2 Å². The number of nitro benzene ring substituents is 1. The van der Waals surface area contributed by atoms with Crippen LogP contribution < -0.4 is 19.1 Å². The summed E-state index contributed by atoms with van der Waals surface area (Å²) in [4.78, 5) is 41.8. The molecule has 2 aliphatic heterocycles. The second-order valence-electron chi connectivity index (χ2n) is 17.6. The first-order valence-corrected chi connectivity index (χ1v) is 23.2. The van der Waals surface area contributed by atoms with Gasteiger partial charge >= 0.3 is 0 Å². The molecule has 16 heteroatoms. The van der Waals surface area contributed by atoms with Crippen molar-refractivity contribution in [3.63, 3.8) is 0 Å². The Hall–Kier alpha value is -6.29. The standard InChI is InChI=1S/C48H48ClN7O7S/c1-48(2)14-12-34(42(27-48)32-6-8-35(49)9-7-32)29-54-17-19-55(20-18-54)37-10-11-40(45(24-37)63-38-23-33-13-16-51-46(33)52-28-38)47(57)53-64(60,61)39-25-43(56(58)59)41-22-31(30-62-44(41)26-39)21-36-5-3-4-15-50-36/h3-11,13,15-16,23-26,28,31H,12,14,17-22,27,29-30H2,1-2H3,(H,51,52)(H,53,57)/t31-/m0/s1. The average Bonchev–Trinajstić information content (AvgIpc) is 3.75. The zero-order chi connectivity index (χ0) is 44.6. The van der Waals surface area contributed by atoms with Crippen LogP contribution in [0.3, 0.4) is 0 Å². The van der Waals surface area contributed by atoms with Crippen LogP contribution >= 0.6 is 11.6 Å². The molecule has 0 unspecified atom stereocenters. The second-order valence-corrected chi connectivity index (χ2v) is 19.7. The van der Waals surface area contributed by atoms with Gasteiger partial charge in [0.05, 0.1) is 33.7 Å². The van der Waals surface area contributed by atoms with Crippen molar-refractivity contribution >= 4 is 55.5 Å². The lowest BCUT2D eigenvalue weighted by Gasteiger charge is -2.39. The fourth-order valence-corrected chi connectivity index (χ4v) is 10.1. The van der Waals surface area contributed by atoms with Crippen LogP contribution in [0, 0.1) is 21.4 Å². The van der Waals surface area contributed by atoms with E-state index in [9.17, 15) is 23.3 Å². The lowest BCUT2D eigenvalue weighted by molar-refractivity contribution is -0.386. The van der Waals surface area contributed by atoms with E-state index in [0.717, 1.165) is 66.8 Å². The Morgan fingerprint density at radius 3 is 2.61 bits per heavy atom. The molecule has 1 amide bonds. The molecule has 6 aromatic rings. The number of hydrogen-bond donors (Lipinski definition) is 2. The van der Waals surface area contributed by atoms with Crippen LogP contribution in [-0.4, -0.2) is 78.4 Å². The van der Waals surface area contributed by atoms with Crippen LogP contribution in [0.4, 0.5) is 11.4 Å². The normalized spacial score (nSPS) is 17.7. The van der Waals surface area contributed by atoms with Crippen molar-refractivity contribution in [1.82, 2.24) is 24.6 Å². The SMILES string of the molecule is CC1(C)CCC(CN2CCN(c3ccc(C(=O)NS(=O)(=O)c4cc5c(c([N+](=O)[O-])c4)C[C@H](Cc4ccccn4)CO5)c(Oc4cnc5[nH]ccc5c4)c3)CC2)=C(c2ccc(Cl)cc2)C1. The van der Waals surface area contributed by atoms with Gasteiger partial charge in [-0.3, -0.25) is 24.8 Å². The molecule has 3 aromatic heterocycles. The van der Waals surface area contributed by atoms with E-state index in [1.165, 1.54) is 35.0 Å². The van der Waals surface area contributed by atoms with Crippen LogP contribution in [0.5, 0.6) is 17.2 Å². The van der Waals surface area contributed by atoms with E-state index in [1.807, 2.05) is 36.4 Å². The number of halogens is 1. The third-order valence-electron chi connectivity index (χ3n) is 12.4. The molecule has 1 aliphatic carbocycles. The number of nitrogens with zero attached hydrogens (tertiary/aromatic N) is 5. The van der Waals surface area contributed by atoms with E-state index < -0.39 is 31.4 Å². The Kier molecular flexibility index (Phi) is 11.9. The van der Waals surface area contributed by atoms with E-state index >= 15 is 0 Å². The van der Waals surface area contributed by atoms with Gasteiger partial charge < -0.3 is 19.4 Å². The largest absolute Gasteiger partial charge is 0.493 e. The Morgan fingerprint density at radius 2 is 1.84 bits per heavy atom. The molecule has 0 saturated carbocycles. The summed E-state index contributed by atoms with van der Waals surface area (Å²) < 4.78 is 42.2. The van der Waals surface area contributed by atoms with Crippen LogP contribution in [-0.2, 0) is 22.9 Å². The summed E-state index contributed by atoms with van der Waals surface area (Å²) in [6.45, 7) is 8.81. The van der Waals surface area contributed by atoms with Gasteiger partial charge in [-0.2, -0.15) is 0 Å². The minimum absolute atomic E-state index is 0.0527. The average molecular weight is 902 g/mol. The number of aromatic nitrogens is 3. The fourth-order valence-electron chi connectivity index (χ4n) is 8.98. The van der Waals surface area contributed by atoms with Crippen molar-refractivity contribution in [3.05, 3.63) is 147 Å². The van der Waals surface area contributed by atoms with Gasteiger partial charge in [0.25, 0.3) is 21.6 Å². The molecule has 1 saturated heterocycles.